The summed E-state index contributed by atoms with van der Waals surface area (Å²) in [6.45, 7) is 0. The number of amides is 1. The lowest BCUT2D eigenvalue weighted by molar-refractivity contribution is -0.115. The van der Waals surface area contributed by atoms with Crippen LogP contribution in [0.25, 0.3) is 0 Å². The Morgan fingerprint density at radius 2 is 2.00 bits per heavy atom. The van der Waals surface area contributed by atoms with E-state index in [1.54, 1.807) is 30.3 Å². The predicted molar refractivity (Wildman–Crippen MR) is 86.1 cm³/mol. The molecule has 21 heavy (non-hydrogen) atoms. The molecule has 6 heteroatoms. The molecular weight excluding hydrogens is 311 g/mol. The molecule has 0 aliphatic rings. The third-order valence-electron chi connectivity index (χ3n) is 2.79. The van der Waals surface area contributed by atoms with Crippen LogP contribution in [0, 0.1) is 5.82 Å². The Morgan fingerprint density at radius 1 is 1.29 bits per heavy atom. The van der Waals surface area contributed by atoms with Crippen LogP contribution < -0.4 is 11.1 Å². The van der Waals surface area contributed by atoms with E-state index in [4.69, 9.17) is 29.6 Å². The lowest BCUT2D eigenvalue weighted by atomic mass is 10.1. The van der Waals surface area contributed by atoms with Crippen LogP contribution in [0.3, 0.4) is 0 Å². The Bertz CT molecular complexity index is 706. The van der Waals surface area contributed by atoms with E-state index < -0.39 is 5.82 Å². The number of hydrogen-bond acceptors (Lipinski definition) is 2. The van der Waals surface area contributed by atoms with Gasteiger partial charge in [0.25, 0.3) is 0 Å². The minimum atomic E-state index is -0.567. The van der Waals surface area contributed by atoms with Crippen molar-refractivity contribution in [2.24, 2.45) is 5.73 Å². The smallest absolute Gasteiger partial charge is 0.228 e. The molecule has 0 radical (unpaired) electrons. The molecule has 1 amide bonds. The second kappa shape index (κ2) is 6.65. The Kier molecular flexibility index (Phi) is 4.88. The molecule has 0 heterocycles. The fourth-order valence-corrected chi connectivity index (χ4v) is 2.33. The van der Waals surface area contributed by atoms with Crippen LogP contribution in [0.4, 0.5) is 10.1 Å². The van der Waals surface area contributed by atoms with E-state index in [1.807, 2.05) is 0 Å². The fraction of sp³-hybridized carbons (Fsp3) is 0.0667. The van der Waals surface area contributed by atoms with Crippen molar-refractivity contribution in [1.82, 2.24) is 0 Å². The zero-order chi connectivity index (χ0) is 15.4. The third-order valence-corrected chi connectivity index (χ3v) is 3.23. The SMILES string of the molecule is NC(=S)c1c(F)cccc1NC(=O)Cc1cccc(Cl)c1. The maximum Gasteiger partial charge on any atom is 0.228 e. The van der Waals surface area contributed by atoms with Crippen LogP contribution in [0.2, 0.25) is 5.02 Å². The monoisotopic (exact) mass is 322 g/mol. The molecule has 0 spiro atoms. The lowest BCUT2D eigenvalue weighted by Gasteiger charge is -2.11. The van der Waals surface area contributed by atoms with E-state index in [-0.39, 0.29) is 28.6 Å². The zero-order valence-electron chi connectivity index (χ0n) is 10.9. The molecule has 2 aromatic rings. The summed E-state index contributed by atoms with van der Waals surface area (Å²) in [4.78, 5) is 11.9. The van der Waals surface area contributed by atoms with E-state index in [9.17, 15) is 9.18 Å². The summed E-state index contributed by atoms with van der Waals surface area (Å²) in [6.07, 6.45) is 0.119. The fourth-order valence-electron chi connectivity index (χ4n) is 1.91. The van der Waals surface area contributed by atoms with Crippen molar-refractivity contribution < 1.29 is 9.18 Å². The number of hydrogen-bond donors (Lipinski definition) is 2. The Balaban J connectivity index is 2.17. The molecule has 3 nitrogen and oxygen atoms in total. The highest BCUT2D eigenvalue weighted by atomic mass is 35.5. The molecule has 108 valence electrons. The molecule has 0 bridgehead atoms. The minimum Gasteiger partial charge on any atom is -0.389 e. The van der Waals surface area contributed by atoms with Crippen molar-refractivity contribution in [1.29, 1.82) is 0 Å². The number of rotatable bonds is 4. The van der Waals surface area contributed by atoms with Crippen LogP contribution >= 0.6 is 23.8 Å². The lowest BCUT2D eigenvalue weighted by Crippen LogP contribution is -2.20. The first-order valence-electron chi connectivity index (χ1n) is 6.10. The van der Waals surface area contributed by atoms with Gasteiger partial charge in [-0.05, 0) is 29.8 Å². The molecule has 0 saturated carbocycles. The second-order valence-electron chi connectivity index (χ2n) is 4.38. The molecule has 0 aromatic heterocycles. The summed E-state index contributed by atoms with van der Waals surface area (Å²) in [5.74, 6) is -0.872. The van der Waals surface area contributed by atoms with Gasteiger partial charge in [-0.1, -0.05) is 42.0 Å². The predicted octanol–water partition coefficient (Wildman–Crippen LogP) is 3.29. The van der Waals surface area contributed by atoms with Gasteiger partial charge in [-0.15, -0.1) is 0 Å². The second-order valence-corrected chi connectivity index (χ2v) is 5.26. The maximum absolute atomic E-state index is 13.7. The summed E-state index contributed by atoms with van der Waals surface area (Å²) in [7, 11) is 0. The molecule has 0 aliphatic carbocycles. The standard InChI is InChI=1S/C15H12ClFN2OS/c16-10-4-1-3-9(7-10)8-13(20)19-12-6-2-5-11(17)14(12)15(18)21/h1-7H,8H2,(H2,18,21)(H,19,20). The van der Waals surface area contributed by atoms with Gasteiger partial charge in [0.1, 0.15) is 10.8 Å². The van der Waals surface area contributed by atoms with Crippen molar-refractivity contribution in [3.63, 3.8) is 0 Å². The van der Waals surface area contributed by atoms with Gasteiger partial charge in [-0.25, -0.2) is 4.39 Å². The molecule has 2 rings (SSSR count). The van der Waals surface area contributed by atoms with Gasteiger partial charge >= 0.3 is 0 Å². The van der Waals surface area contributed by atoms with Crippen molar-refractivity contribution in [3.8, 4) is 0 Å². The highest BCUT2D eigenvalue weighted by Gasteiger charge is 2.13. The average Bonchev–Trinajstić information content (AvgIpc) is 2.37. The van der Waals surface area contributed by atoms with Crippen molar-refractivity contribution >= 4 is 40.4 Å². The van der Waals surface area contributed by atoms with Gasteiger partial charge in [0.15, 0.2) is 0 Å². The number of anilines is 1. The van der Waals surface area contributed by atoms with Crippen molar-refractivity contribution in [2.45, 2.75) is 6.42 Å². The molecule has 2 aromatic carbocycles. The van der Waals surface area contributed by atoms with E-state index in [0.717, 1.165) is 5.56 Å². The van der Waals surface area contributed by atoms with Crippen LogP contribution in [0.15, 0.2) is 42.5 Å². The Morgan fingerprint density at radius 3 is 2.67 bits per heavy atom. The van der Waals surface area contributed by atoms with Crippen LogP contribution in [-0.4, -0.2) is 10.9 Å². The Labute approximate surface area is 131 Å². The van der Waals surface area contributed by atoms with Crippen molar-refractivity contribution in [3.05, 3.63) is 64.4 Å². The van der Waals surface area contributed by atoms with Gasteiger partial charge in [-0.3, -0.25) is 4.79 Å². The zero-order valence-corrected chi connectivity index (χ0v) is 12.5. The summed E-state index contributed by atoms with van der Waals surface area (Å²) in [5.41, 5.74) is 6.54. The number of benzene rings is 2. The number of carbonyl (C=O) groups excluding carboxylic acids is 1. The number of nitrogens with one attached hydrogen (secondary N) is 1. The molecule has 0 aliphatic heterocycles. The molecule has 0 unspecified atom stereocenters. The molecule has 0 saturated heterocycles. The van der Waals surface area contributed by atoms with Gasteiger partial charge in [0.05, 0.1) is 17.7 Å². The Hall–Kier alpha value is -1.98. The number of thiocarbonyl (C=S) groups is 1. The van der Waals surface area contributed by atoms with Crippen LogP contribution in [0.5, 0.6) is 0 Å². The number of nitrogens with two attached hydrogens (primary N) is 1. The van der Waals surface area contributed by atoms with Gasteiger partial charge in [0, 0.05) is 5.02 Å². The highest BCUT2D eigenvalue weighted by Crippen LogP contribution is 2.19. The van der Waals surface area contributed by atoms with Gasteiger partial charge in [-0.2, -0.15) is 0 Å². The largest absolute Gasteiger partial charge is 0.389 e. The summed E-state index contributed by atoms with van der Waals surface area (Å²) >= 11 is 10.7. The minimum absolute atomic E-state index is 0.0342. The van der Waals surface area contributed by atoms with E-state index in [1.165, 1.54) is 12.1 Å². The van der Waals surface area contributed by atoms with Crippen LogP contribution in [0.1, 0.15) is 11.1 Å². The van der Waals surface area contributed by atoms with Gasteiger partial charge < -0.3 is 11.1 Å². The molecule has 3 N–H and O–H groups in total. The first-order chi connectivity index (χ1) is 9.97. The van der Waals surface area contributed by atoms with Crippen molar-refractivity contribution in [2.75, 3.05) is 5.32 Å². The van der Waals surface area contributed by atoms with E-state index in [2.05, 4.69) is 5.32 Å². The number of carbonyl (C=O) groups is 1. The quantitative estimate of drug-likeness (QED) is 0.849. The first-order valence-corrected chi connectivity index (χ1v) is 6.88. The summed E-state index contributed by atoms with van der Waals surface area (Å²) < 4.78 is 13.7. The van der Waals surface area contributed by atoms with Crippen LogP contribution in [-0.2, 0) is 11.2 Å². The average molecular weight is 323 g/mol. The van der Waals surface area contributed by atoms with Gasteiger partial charge in [0.2, 0.25) is 5.91 Å². The molecule has 0 fully saturated rings. The number of halogens is 2. The van der Waals surface area contributed by atoms with E-state index in [0.29, 0.717) is 5.02 Å². The third kappa shape index (κ3) is 4.00. The normalized spacial score (nSPS) is 10.2. The summed E-state index contributed by atoms with van der Waals surface area (Å²) in [6, 6.07) is 11.2. The highest BCUT2D eigenvalue weighted by molar-refractivity contribution is 7.80. The van der Waals surface area contributed by atoms with E-state index >= 15 is 0 Å². The molecular formula is C15H12ClFN2OS. The summed E-state index contributed by atoms with van der Waals surface area (Å²) in [5, 5.41) is 3.16. The molecule has 0 atom stereocenters. The first kappa shape index (κ1) is 15.4. The maximum atomic E-state index is 13.7. The topological polar surface area (TPSA) is 55.1 Å².